The molecule has 254 valence electrons. The fourth-order valence-electron chi connectivity index (χ4n) is 5.63. The van der Waals surface area contributed by atoms with E-state index in [9.17, 15) is 13.2 Å². The SMILES string of the molecule is CN(C)c1nnc2ccc(O[C@@H]3CC[C@H](NC(=O)Nc4cc(C(C)(C)C)nn4-c4cnn(CCOS(C)(=O)=O)c4)c4ccccc43)cn12. The van der Waals surface area contributed by atoms with E-state index >= 15 is 0 Å². The van der Waals surface area contributed by atoms with Gasteiger partial charge < -0.3 is 15.0 Å². The summed E-state index contributed by atoms with van der Waals surface area (Å²) in [5.74, 6) is 1.87. The number of carbonyl (C=O) groups excluding carboxylic acids is 1. The predicted octanol–water partition coefficient (Wildman–Crippen LogP) is 4.23. The van der Waals surface area contributed by atoms with E-state index in [2.05, 4.69) is 25.9 Å². The number of carbonyl (C=O) groups is 1. The minimum atomic E-state index is -3.56. The van der Waals surface area contributed by atoms with Crippen LogP contribution in [0.25, 0.3) is 11.3 Å². The number of pyridine rings is 1. The molecule has 1 aliphatic carbocycles. The van der Waals surface area contributed by atoms with Gasteiger partial charge in [-0.15, -0.1) is 10.2 Å². The Kier molecular flexibility index (Phi) is 8.87. The number of rotatable bonds is 10. The summed E-state index contributed by atoms with van der Waals surface area (Å²) in [6.07, 6.45) is 7.38. The summed E-state index contributed by atoms with van der Waals surface area (Å²) in [7, 11) is 0.273. The van der Waals surface area contributed by atoms with Gasteiger partial charge in [0.2, 0.25) is 5.95 Å². The van der Waals surface area contributed by atoms with Gasteiger partial charge in [-0.3, -0.25) is 18.6 Å². The quantitative estimate of drug-likeness (QED) is 0.205. The first-order chi connectivity index (χ1) is 22.7. The molecule has 0 saturated carbocycles. The Morgan fingerprint density at radius 3 is 2.56 bits per heavy atom. The Labute approximate surface area is 279 Å². The fraction of sp³-hybridized carbons (Fsp3) is 0.406. The molecule has 6 rings (SSSR count). The zero-order valence-corrected chi connectivity index (χ0v) is 28.6. The molecule has 5 aromatic rings. The molecule has 48 heavy (non-hydrogen) atoms. The van der Waals surface area contributed by atoms with E-state index in [4.69, 9.17) is 14.0 Å². The first kappa shape index (κ1) is 33.0. The normalized spacial score (nSPS) is 16.5. The van der Waals surface area contributed by atoms with Crippen LogP contribution >= 0.6 is 0 Å². The van der Waals surface area contributed by atoms with Crippen LogP contribution in [0.4, 0.5) is 16.6 Å². The van der Waals surface area contributed by atoms with Crippen molar-refractivity contribution in [3.8, 4) is 11.4 Å². The fourth-order valence-corrected chi connectivity index (χ4v) is 6.01. The van der Waals surface area contributed by atoms with Crippen molar-refractivity contribution in [3.05, 3.63) is 77.9 Å². The number of anilines is 2. The molecule has 1 aromatic carbocycles. The molecule has 15 nitrogen and oxygen atoms in total. The third-order valence-corrected chi connectivity index (χ3v) is 8.57. The lowest BCUT2D eigenvalue weighted by atomic mass is 9.85. The summed E-state index contributed by atoms with van der Waals surface area (Å²) < 4.78 is 39.1. The highest BCUT2D eigenvalue weighted by molar-refractivity contribution is 7.85. The molecular formula is C32H40N10O5S. The maximum absolute atomic E-state index is 13.5. The number of nitrogens with one attached hydrogen (secondary N) is 2. The first-order valence-electron chi connectivity index (χ1n) is 15.6. The van der Waals surface area contributed by atoms with Crippen molar-refractivity contribution < 1.29 is 22.1 Å². The van der Waals surface area contributed by atoms with E-state index in [0.717, 1.165) is 28.7 Å². The minimum absolute atomic E-state index is 0.0523. The van der Waals surface area contributed by atoms with Gasteiger partial charge in [0.15, 0.2) is 5.65 Å². The van der Waals surface area contributed by atoms with Gasteiger partial charge in [-0.05, 0) is 36.1 Å². The van der Waals surface area contributed by atoms with Gasteiger partial charge in [-0.25, -0.2) is 9.48 Å². The number of hydrogen-bond acceptors (Lipinski definition) is 10. The largest absolute Gasteiger partial charge is 0.484 e. The molecule has 0 unspecified atom stereocenters. The van der Waals surface area contributed by atoms with Crippen molar-refractivity contribution in [1.82, 2.24) is 39.5 Å². The summed E-state index contributed by atoms with van der Waals surface area (Å²) in [5.41, 5.74) is 3.82. The van der Waals surface area contributed by atoms with Crippen LogP contribution in [0.3, 0.4) is 0 Å². The van der Waals surface area contributed by atoms with E-state index in [-0.39, 0.29) is 36.7 Å². The molecule has 0 bridgehead atoms. The molecule has 16 heteroatoms. The molecule has 2 N–H and O–H groups in total. The van der Waals surface area contributed by atoms with E-state index in [1.54, 1.807) is 21.8 Å². The number of urea groups is 1. The highest BCUT2D eigenvalue weighted by atomic mass is 32.2. The number of hydrogen-bond donors (Lipinski definition) is 2. The van der Waals surface area contributed by atoms with Crippen LogP contribution in [0.2, 0.25) is 0 Å². The van der Waals surface area contributed by atoms with Gasteiger partial charge in [0.25, 0.3) is 10.1 Å². The maximum atomic E-state index is 13.5. The zero-order valence-electron chi connectivity index (χ0n) is 27.8. The maximum Gasteiger partial charge on any atom is 0.320 e. The van der Waals surface area contributed by atoms with E-state index in [1.807, 2.05) is 92.8 Å². The van der Waals surface area contributed by atoms with Crippen LogP contribution < -0.4 is 20.3 Å². The molecule has 0 spiro atoms. The van der Waals surface area contributed by atoms with Gasteiger partial charge in [0.1, 0.15) is 23.4 Å². The van der Waals surface area contributed by atoms with Crippen LogP contribution in [-0.4, -0.2) is 75.6 Å². The number of aromatic nitrogens is 7. The second kappa shape index (κ2) is 12.9. The molecule has 2 atom stereocenters. The molecule has 4 aromatic heterocycles. The third-order valence-electron chi connectivity index (χ3n) is 7.98. The summed E-state index contributed by atoms with van der Waals surface area (Å²) in [4.78, 5) is 15.4. The van der Waals surface area contributed by atoms with Gasteiger partial charge in [0.05, 0.1) is 49.7 Å². The summed E-state index contributed by atoms with van der Waals surface area (Å²) in [6, 6.07) is 13.0. The van der Waals surface area contributed by atoms with Gasteiger partial charge >= 0.3 is 6.03 Å². The van der Waals surface area contributed by atoms with Crippen LogP contribution in [0.15, 0.2) is 61.1 Å². The monoisotopic (exact) mass is 676 g/mol. The Morgan fingerprint density at radius 1 is 1.06 bits per heavy atom. The number of nitrogens with zero attached hydrogens (tertiary/aromatic N) is 8. The van der Waals surface area contributed by atoms with Crippen LogP contribution in [0.5, 0.6) is 5.75 Å². The minimum Gasteiger partial charge on any atom is -0.484 e. The molecule has 0 saturated heterocycles. The average molecular weight is 677 g/mol. The van der Waals surface area contributed by atoms with Crippen LogP contribution in [-0.2, 0) is 26.3 Å². The molecule has 2 amide bonds. The van der Waals surface area contributed by atoms with Crippen molar-refractivity contribution in [2.45, 2.75) is 57.7 Å². The Hall–Kier alpha value is -4.96. The highest BCUT2D eigenvalue weighted by Crippen LogP contribution is 2.39. The molecule has 4 heterocycles. The molecule has 0 radical (unpaired) electrons. The Bertz CT molecular complexity index is 2040. The van der Waals surface area contributed by atoms with Gasteiger partial charge in [-0.1, -0.05) is 45.0 Å². The first-order valence-corrected chi connectivity index (χ1v) is 17.4. The molecule has 1 aliphatic rings. The average Bonchev–Trinajstić information content (AvgIpc) is 3.76. The second-order valence-corrected chi connectivity index (χ2v) is 14.7. The van der Waals surface area contributed by atoms with E-state index in [1.165, 1.54) is 0 Å². The predicted molar refractivity (Wildman–Crippen MR) is 180 cm³/mol. The lowest BCUT2D eigenvalue weighted by Gasteiger charge is -2.32. The Balaban J connectivity index is 1.18. The van der Waals surface area contributed by atoms with E-state index in [0.29, 0.717) is 36.0 Å². The summed E-state index contributed by atoms with van der Waals surface area (Å²) in [6.45, 7) is 6.29. The smallest absolute Gasteiger partial charge is 0.320 e. The zero-order chi connectivity index (χ0) is 34.2. The van der Waals surface area contributed by atoms with Crippen molar-refractivity contribution in [2.24, 2.45) is 0 Å². The molecule has 0 aliphatic heterocycles. The van der Waals surface area contributed by atoms with Crippen LogP contribution in [0, 0.1) is 0 Å². The summed E-state index contributed by atoms with van der Waals surface area (Å²) in [5, 5.41) is 23.7. The number of fused-ring (bicyclic) bond motifs is 2. The van der Waals surface area contributed by atoms with Crippen LogP contribution in [0.1, 0.15) is 62.6 Å². The molecular weight excluding hydrogens is 636 g/mol. The standard InChI is InChI=1S/C32H40N10O5S/c1-32(2,3)27-17-29(42(38-27)21-18-33-40(19-21)15-16-46-48(6,44)45)35-30(43)34-25-12-13-26(24-10-8-7-9-23(24)25)47-22-11-14-28-36-37-31(39(4)5)41(28)20-22/h7-11,14,17-20,25-26H,12-13,15-16H2,1-6H3,(H2,34,35,43)/t25-,26+/m0/s1. The third kappa shape index (κ3) is 7.28. The van der Waals surface area contributed by atoms with Crippen molar-refractivity contribution >= 4 is 33.6 Å². The topological polar surface area (TPSA) is 163 Å². The lowest BCUT2D eigenvalue weighted by Crippen LogP contribution is -2.36. The van der Waals surface area contributed by atoms with E-state index < -0.39 is 10.1 Å². The molecule has 0 fully saturated rings. The Morgan fingerprint density at radius 2 is 1.83 bits per heavy atom. The van der Waals surface area contributed by atoms with Gasteiger partial charge in [-0.2, -0.15) is 18.6 Å². The number of benzene rings is 1. The second-order valence-electron chi connectivity index (χ2n) is 13.0. The number of amides is 2. The van der Waals surface area contributed by atoms with Crippen molar-refractivity contribution in [3.63, 3.8) is 0 Å². The number of ether oxygens (including phenoxy) is 1. The highest BCUT2D eigenvalue weighted by Gasteiger charge is 2.30. The summed E-state index contributed by atoms with van der Waals surface area (Å²) >= 11 is 0. The van der Waals surface area contributed by atoms with Crippen molar-refractivity contribution in [1.29, 1.82) is 0 Å². The van der Waals surface area contributed by atoms with Gasteiger partial charge in [0, 0.05) is 25.6 Å². The lowest BCUT2D eigenvalue weighted by molar-refractivity contribution is 0.171. The van der Waals surface area contributed by atoms with Crippen molar-refractivity contribution in [2.75, 3.05) is 37.2 Å².